The van der Waals surface area contributed by atoms with Crippen molar-refractivity contribution in [3.8, 4) is 5.75 Å². The monoisotopic (exact) mass is 236 g/mol. The van der Waals surface area contributed by atoms with Crippen molar-refractivity contribution in [1.82, 2.24) is 5.32 Å². The average Bonchev–Trinajstić information content (AvgIpc) is 2.38. The van der Waals surface area contributed by atoms with E-state index in [4.69, 9.17) is 4.74 Å². The molecule has 1 aromatic carbocycles. The Morgan fingerprint density at radius 2 is 2.00 bits per heavy atom. The summed E-state index contributed by atoms with van der Waals surface area (Å²) in [6.07, 6.45) is 2.34. The molecule has 0 heterocycles. The first kappa shape index (κ1) is 13.8. The third-order valence-corrected chi connectivity index (χ3v) is 2.77. The maximum absolute atomic E-state index is 5.35. The van der Waals surface area contributed by atoms with E-state index in [-0.39, 0.29) is 0 Å². The van der Waals surface area contributed by atoms with Gasteiger partial charge in [-0.3, -0.25) is 0 Å². The minimum Gasteiger partial charge on any atom is -0.495 e. The third kappa shape index (κ3) is 4.65. The first-order valence-corrected chi connectivity index (χ1v) is 6.34. The minimum atomic E-state index is 0.941. The summed E-state index contributed by atoms with van der Waals surface area (Å²) >= 11 is 0. The number of rotatable bonds is 8. The number of hydrogen-bond acceptors (Lipinski definition) is 3. The fourth-order valence-corrected chi connectivity index (χ4v) is 1.81. The lowest BCUT2D eigenvalue weighted by Crippen LogP contribution is -2.24. The molecule has 0 unspecified atom stereocenters. The Bertz CT molecular complexity index is 315. The number of ether oxygens (including phenoxy) is 1. The van der Waals surface area contributed by atoms with E-state index in [2.05, 4.69) is 30.3 Å². The topological polar surface area (TPSA) is 24.5 Å². The molecule has 0 fully saturated rings. The van der Waals surface area contributed by atoms with Gasteiger partial charge in [0.25, 0.3) is 0 Å². The van der Waals surface area contributed by atoms with Gasteiger partial charge in [0.1, 0.15) is 5.75 Å². The predicted octanol–water partition coefficient (Wildman–Crippen LogP) is 2.52. The van der Waals surface area contributed by atoms with Crippen LogP contribution in [0, 0.1) is 0 Å². The molecular formula is C14H24N2O. The quantitative estimate of drug-likeness (QED) is 0.702. The summed E-state index contributed by atoms with van der Waals surface area (Å²) in [5, 5.41) is 3.41. The summed E-state index contributed by atoms with van der Waals surface area (Å²) in [5.41, 5.74) is 1.16. The van der Waals surface area contributed by atoms with Crippen LogP contribution >= 0.6 is 0 Å². The van der Waals surface area contributed by atoms with Crippen molar-refractivity contribution in [2.24, 2.45) is 0 Å². The molecule has 0 bridgehead atoms. The number of para-hydroxylation sites is 2. The van der Waals surface area contributed by atoms with E-state index in [9.17, 15) is 0 Å². The molecule has 3 heteroatoms. The van der Waals surface area contributed by atoms with Gasteiger partial charge in [-0.1, -0.05) is 19.1 Å². The Balaban J connectivity index is 2.38. The van der Waals surface area contributed by atoms with Gasteiger partial charge >= 0.3 is 0 Å². The van der Waals surface area contributed by atoms with Gasteiger partial charge in [0.05, 0.1) is 12.8 Å². The molecule has 0 amide bonds. The van der Waals surface area contributed by atoms with Gasteiger partial charge in [-0.25, -0.2) is 0 Å². The Morgan fingerprint density at radius 1 is 1.24 bits per heavy atom. The van der Waals surface area contributed by atoms with Gasteiger partial charge in [0, 0.05) is 13.6 Å². The maximum atomic E-state index is 5.35. The predicted molar refractivity (Wildman–Crippen MR) is 74.0 cm³/mol. The molecule has 1 N–H and O–H groups in total. The summed E-state index contributed by atoms with van der Waals surface area (Å²) in [6.45, 7) is 5.41. The summed E-state index contributed by atoms with van der Waals surface area (Å²) in [5.74, 6) is 0.941. The van der Waals surface area contributed by atoms with Crippen molar-refractivity contribution >= 4 is 5.69 Å². The van der Waals surface area contributed by atoms with E-state index in [1.165, 1.54) is 6.42 Å². The van der Waals surface area contributed by atoms with Gasteiger partial charge in [0.15, 0.2) is 0 Å². The van der Waals surface area contributed by atoms with Crippen LogP contribution in [0.15, 0.2) is 24.3 Å². The second kappa shape index (κ2) is 7.96. The van der Waals surface area contributed by atoms with Crippen LogP contribution in [0.3, 0.4) is 0 Å². The zero-order chi connectivity index (χ0) is 12.5. The lowest BCUT2D eigenvalue weighted by atomic mass is 10.2. The Hall–Kier alpha value is -1.22. The van der Waals surface area contributed by atoms with Gasteiger partial charge in [0.2, 0.25) is 0 Å². The molecule has 96 valence electrons. The second-order valence-corrected chi connectivity index (χ2v) is 4.20. The first-order valence-electron chi connectivity index (χ1n) is 6.34. The van der Waals surface area contributed by atoms with E-state index in [0.29, 0.717) is 0 Å². The number of nitrogens with zero attached hydrogens (tertiary/aromatic N) is 1. The number of nitrogens with one attached hydrogen (secondary N) is 1. The zero-order valence-electron chi connectivity index (χ0n) is 11.2. The van der Waals surface area contributed by atoms with Gasteiger partial charge in [-0.2, -0.15) is 0 Å². The van der Waals surface area contributed by atoms with Gasteiger partial charge < -0.3 is 15.0 Å². The normalized spacial score (nSPS) is 10.3. The highest BCUT2D eigenvalue weighted by Crippen LogP contribution is 2.26. The standard InChI is InChI=1S/C14H24N2O/c1-4-10-15-11-7-12-16(2)13-8-5-6-9-14(13)17-3/h5-6,8-9,15H,4,7,10-12H2,1-3H3. The number of anilines is 1. The Labute approximate surface area is 105 Å². The fraction of sp³-hybridized carbons (Fsp3) is 0.571. The highest BCUT2D eigenvalue weighted by atomic mass is 16.5. The molecule has 0 saturated carbocycles. The molecule has 3 nitrogen and oxygen atoms in total. The molecule has 0 spiro atoms. The minimum absolute atomic E-state index is 0.941. The van der Waals surface area contributed by atoms with Crippen LogP contribution in [-0.2, 0) is 0 Å². The van der Waals surface area contributed by atoms with Gasteiger partial charge in [-0.15, -0.1) is 0 Å². The summed E-state index contributed by atoms with van der Waals surface area (Å²) in [4.78, 5) is 2.24. The molecule has 0 aliphatic rings. The lowest BCUT2D eigenvalue weighted by Gasteiger charge is -2.21. The van der Waals surface area contributed by atoms with Crippen molar-refractivity contribution in [1.29, 1.82) is 0 Å². The molecule has 0 saturated heterocycles. The summed E-state index contributed by atoms with van der Waals surface area (Å²) in [7, 11) is 3.83. The van der Waals surface area contributed by atoms with E-state index in [1.54, 1.807) is 7.11 Å². The van der Waals surface area contributed by atoms with Gasteiger partial charge in [-0.05, 0) is 38.1 Å². The average molecular weight is 236 g/mol. The van der Waals surface area contributed by atoms with Crippen molar-refractivity contribution in [3.05, 3.63) is 24.3 Å². The number of hydrogen-bond donors (Lipinski definition) is 1. The molecule has 1 rings (SSSR count). The third-order valence-electron chi connectivity index (χ3n) is 2.77. The molecule has 1 aromatic rings. The number of methoxy groups -OCH3 is 1. The largest absolute Gasteiger partial charge is 0.495 e. The van der Waals surface area contributed by atoms with Crippen LogP contribution in [0.5, 0.6) is 5.75 Å². The lowest BCUT2D eigenvalue weighted by molar-refractivity contribution is 0.414. The SMILES string of the molecule is CCCNCCCN(C)c1ccccc1OC. The van der Waals surface area contributed by atoms with E-state index < -0.39 is 0 Å². The van der Waals surface area contributed by atoms with Crippen molar-refractivity contribution < 1.29 is 4.74 Å². The molecule has 17 heavy (non-hydrogen) atoms. The van der Waals surface area contributed by atoms with Crippen LogP contribution in [0.1, 0.15) is 19.8 Å². The molecule has 0 aliphatic carbocycles. The number of benzene rings is 1. The molecular weight excluding hydrogens is 212 g/mol. The fourth-order valence-electron chi connectivity index (χ4n) is 1.81. The van der Waals surface area contributed by atoms with Crippen LogP contribution < -0.4 is 15.0 Å². The molecule has 0 aliphatic heterocycles. The zero-order valence-corrected chi connectivity index (χ0v) is 11.2. The van der Waals surface area contributed by atoms with Crippen molar-refractivity contribution in [3.63, 3.8) is 0 Å². The maximum Gasteiger partial charge on any atom is 0.142 e. The van der Waals surface area contributed by atoms with Crippen LogP contribution in [0.2, 0.25) is 0 Å². The first-order chi connectivity index (χ1) is 8.29. The summed E-state index contributed by atoms with van der Waals surface area (Å²) in [6, 6.07) is 8.14. The second-order valence-electron chi connectivity index (χ2n) is 4.20. The van der Waals surface area contributed by atoms with Crippen molar-refractivity contribution in [2.45, 2.75) is 19.8 Å². The van der Waals surface area contributed by atoms with E-state index in [0.717, 1.165) is 37.5 Å². The Morgan fingerprint density at radius 3 is 2.71 bits per heavy atom. The van der Waals surface area contributed by atoms with Crippen LogP contribution in [0.4, 0.5) is 5.69 Å². The summed E-state index contributed by atoms with van der Waals surface area (Å²) < 4.78 is 5.35. The Kier molecular flexibility index (Phi) is 6.48. The van der Waals surface area contributed by atoms with Crippen LogP contribution in [-0.4, -0.2) is 33.8 Å². The highest BCUT2D eigenvalue weighted by molar-refractivity contribution is 5.57. The van der Waals surface area contributed by atoms with E-state index >= 15 is 0 Å². The highest BCUT2D eigenvalue weighted by Gasteiger charge is 2.06. The van der Waals surface area contributed by atoms with Crippen LogP contribution in [0.25, 0.3) is 0 Å². The molecule has 0 aromatic heterocycles. The smallest absolute Gasteiger partial charge is 0.142 e. The van der Waals surface area contributed by atoms with E-state index in [1.807, 2.05) is 18.2 Å². The van der Waals surface area contributed by atoms with Crippen molar-refractivity contribution in [2.75, 3.05) is 38.7 Å². The molecule has 0 radical (unpaired) electrons. The molecule has 0 atom stereocenters.